The fourth-order valence-corrected chi connectivity index (χ4v) is 5.30. The molecule has 32 heavy (non-hydrogen) atoms. The van der Waals surface area contributed by atoms with Gasteiger partial charge < -0.3 is 36.1 Å². The first-order valence-electron chi connectivity index (χ1n) is 10.9. The topological polar surface area (TPSA) is 175 Å². The molecule has 2 aromatic rings. The molecule has 0 saturated carbocycles. The Morgan fingerprint density at radius 3 is 2.72 bits per heavy atom. The number of hydrogen-bond acceptors (Lipinski definition) is 9. The molecule has 3 fully saturated rings. The number of anilines is 2. The average Bonchev–Trinajstić information content (AvgIpc) is 3.34. The molecule has 0 aliphatic carbocycles. The molecule has 3 aliphatic rings. The van der Waals surface area contributed by atoms with Crippen molar-refractivity contribution < 1.29 is 19.4 Å². The summed E-state index contributed by atoms with van der Waals surface area (Å²) in [6.45, 7) is 3.10. The molecular weight excluding hydrogens is 416 g/mol. The summed E-state index contributed by atoms with van der Waals surface area (Å²) < 4.78 is 8.08. The number of fused-ring (bicyclic) bond motifs is 1. The monoisotopic (exact) mass is 444 g/mol. The molecule has 3 atom stereocenters. The number of piperidine rings is 1. The van der Waals surface area contributed by atoms with Crippen molar-refractivity contribution in [2.24, 2.45) is 0 Å². The van der Waals surface area contributed by atoms with Crippen molar-refractivity contribution in [3.63, 3.8) is 0 Å². The van der Waals surface area contributed by atoms with Crippen LogP contribution in [0, 0.1) is 0 Å². The van der Waals surface area contributed by atoms with Gasteiger partial charge >= 0.3 is 0 Å². The molecule has 3 aliphatic heterocycles. The summed E-state index contributed by atoms with van der Waals surface area (Å²) in [6, 6.07) is -0.854. The predicted molar refractivity (Wildman–Crippen MR) is 114 cm³/mol. The molecule has 0 bridgehead atoms. The Hall–Kier alpha value is -2.99. The fourth-order valence-electron chi connectivity index (χ4n) is 5.30. The van der Waals surface area contributed by atoms with Gasteiger partial charge in [0.15, 0.2) is 11.5 Å². The number of carbonyl (C=O) groups excluding carboxylic acids is 2. The SMILES string of the molecule is C[C@@]1(O)CC2(CCN(C(=O)[C@@H]3CCC(=O)N3)CC2)OC[C@H]1n1cnc2c(N)nc(N)nc21. The van der Waals surface area contributed by atoms with Crippen molar-refractivity contribution >= 4 is 34.7 Å². The molecule has 12 heteroatoms. The zero-order valence-electron chi connectivity index (χ0n) is 18.0. The van der Waals surface area contributed by atoms with Gasteiger partial charge in [0.1, 0.15) is 11.6 Å². The van der Waals surface area contributed by atoms with Gasteiger partial charge in [-0.2, -0.15) is 9.97 Å². The number of aliphatic hydroxyl groups is 1. The predicted octanol–water partition coefficient (Wildman–Crippen LogP) is -0.657. The van der Waals surface area contributed by atoms with Gasteiger partial charge in [0.05, 0.1) is 30.2 Å². The van der Waals surface area contributed by atoms with E-state index >= 15 is 0 Å². The quantitative estimate of drug-likeness (QED) is 0.469. The number of hydrogen-bond donors (Lipinski definition) is 4. The highest BCUT2D eigenvalue weighted by molar-refractivity contribution is 5.90. The number of rotatable bonds is 2. The molecule has 5 rings (SSSR count). The molecule has 172 valence electrons. The third-order valence-corrected chi connectivity index (χ3v) is 7.03. The van der Waals surface area contributed by atoms with Crippen LogP contribution in [0.5, 0.6) is 0 Å². The van der Waals surface area contributed by atoms with E-state index in [-0.39, 0.29) is 30.2 Å². The van der Waals surface area contributed by atoms with Crippen LogP contribution < -0.4 is 16.8 Å². The molecule has 6 N–H and O–H groups in total. The zero-order valence-corrected chi connectivity index (χ0v) is 18.0. The molecule has 5 heterocycles. The Bertz CT molecular complexity index is 1070. The Balaban J connectivity index is 1.30. The van der Waals surface area contributed by atoms with Crippen LogP contribution in [-0.2, 0) is 14.3 Å². The summed E-state index contributed by atoms with van der Waals surface area (Å²) in [5.41, 5.74) is 10.9. The lowest BCUT2D eigenvalue weighted by atomic mass is 9.75. The number of aromatic nitrogens is 4. The molecule has 2 amide bonds. The van der Waals surface area contributed by atoms with Crippen LogP contribution >= 0.6 is 0 Å². The molecule has 0 radical (unpaired) electrons. The van der Waals surface area contributed by atoms with Gasteiger partial charge in [0, 0.05) is 25.9 Å². The van der Waals surface area contributed by atoms with Gasteiger partial charge in [-0.15, -0.1) is 0 Å². The summed E-state index contributed by atoms with van der Waals surface area (Å²) in [4.78, 5) is 38.4. The second-order valence-electron chi connectivity index (χ2n) is 9.32. The number of nitrogens with two attached hydrogens (primary N) is 2. The minimum Gasteiger partial charge on any atom is -0.388 e. The van der Waals surface area contributed by atoms with Gasteiger partial charge in [-0.1, -0.05) is 0 Å². The standard InChI is InChI=1S/C20H28N8O4/c1-19(31)9-20(4-6-27(7-5-20)17(30)11-2-3-13(29)24-11)32-8-12(19)28-10-23-14-15(21)25-18(22)26-16(14)28/h10-12,31H,2-9H2,1H3,(H,24,29)(H4,21,22,25,26)/t11-,12+,19+/m0/s1. The summed E-state index contributed by atoms with van der Waals surface area (Å²) >= 11 is 0. The smallest absolute Gasteiger partial charge is 0.245 e. The van der Waals surface area contributed by atoms with Crippen LogP contribution in [0.15, 0.2) is 6.33 Å². The number of nitrogens with one attached hydrogen (secondary N) is 1. The van der Waals surface area contributed by atoms with Crippen LogP contribution in [0.3, 0.4) is 0 Å². The number of carbonyl (C=O) groups is 2. The van der Waals surface area contributed by atoms with Crippen molar-refractivity contribution in [1.29, 1.82) is 0 Å². The minimum atomic E-state index is -1.11. The van der Waals surface area contributed by atoms with Crippen LogP contribution in [0.4, 0.5) is 11.8 Å². The largest absolute Gasteiger partial charge is 0.388 e. The highest BCUT2D eigenvalue weighted by Crippen LogP contribution is 2.44. The maximum absolute atomic E-state index is 12.7. The van der Waals surface area contributed by atoms with Crippen molar-refractivity contribution in [2.75, 3.05) is 31.2 Å². The first kappa shape index (κ1) is 20.9. The lowest BCUT2D eigenvalue weighted by molar-refractivity contribution is -0.197. The summed E-state index contributed by atoms with van der Waals surface area (Å²) in [5, 5.41) is 14.2. The van der Waals surface area contributed by atoms with E-state index in [2.05, 4.69) is 20.3 Å². The maximum atomic E-state index is 12.7. The number of nitrogen functional groups attached to an aromatic ring is 2. The lowest BCUT2D eigenvalue weighted by Gasteiger charge is -2.51. The molecule has 0 unspecified atom stereocenters. The number of imidazole rings is 1. The molecule has 0 aromatic carbocycles. The molecular formula is C20H28N8O4. The van der Waals surface area contributed by atoms with E-state index in [1.54, 1.807) is 22.7 Å². The highest BCUT2D eigenvalue weighted by atomic mass is 16.5. The summed E-state index contributed by atoms with van der Waals surface area (Å²) in [6.07, 6.45) is 4.16. The first-order valence-corrected chi connectivity index (χ1v) is 10.9. The molecule has 2 aromatic heterocycles. The number of amides is 2. The van der Waals surface area contributed by atoms with E-state index in [9.17, 15) is 14.7 Å². The van der Waals surface area contributed by atoms with Gasteiger partial charge in [-0.05, 0) is 26.2 Å². The van der Waals surface area contributed by atoms with Crippen molar-refractivity contribution in [1.82, 2.24) is 29.7 Å². The van der Waals surface area contributed by atoms with E-state index in [1.807, 2.05) is 0 Å². The second kappa shape index (κ2) is 7.27. The Morgan fingerprint density at radius 1 is 1.31 bits per heavy atom. The number of nitrogens with zero attached hydrogens (tertiary/aromatic N) is 5. The molecule has 3 saturated heterocycles. The zero-order chi connectivity index (χ0) is 22.7. The van der Waals surface area contributed by atoms with E-state index in [0.29, 0.717) is 56.4 Å². The average molecular weight is 444 g/mol. The van der Waals surface area contributed by atoms with Crippen molar-refractivity contribution in [3.05, 3.63) is 6.33 Å². The van der Waals surface area contributed by atoms with E-state index in [1.165, 1.54) is 0 Å². The second-order valence-corrected chi connectivity index (χ2v) is 9.32. The Kier molecular flexibility index (Phi) is 4.75. The van der Waals surface area contributed by atoms with Crippen molar-refractivity contribution in [3.8, 4) is 0 Å². The van der Waals surface area contributed by atoms with Crippen LogP contribution in [0.1, 0.15) is 45.1 Å². The van der Waals surface area contributed by atoms with Crippen LogP contribution in [-0.4, -0.2) is 78.3 Å². The normalized spacial score (nSPS) is 30.1. The van der Waals surface area contributed by atoms with Gasteiger partial charge in [0.25, 0.3) is 0 Å². The lowest BCUT2D eigenvalue weighted by Crippen LogP contribution is -2.59. The highest BCUT2D eigenvalue weighted by Gasteiger charge is 2.50. The minimum absolute atomic E-state index is 0.0362. The van der Waals surface area contributed by atoms with Gasteiger partial charge in [-0.25, -0.2) is 4.98 Å². The third kappa shape index (κ3) is 3.43. The van der Waals surface area contributed by atoms with Crippen molar-refractivity contribution in [2.45, 2.75) is 62.3 Å². The summed E-state index contributed by atoms with van der Waals surface area (Å²) in [7, 11) is 0. The van der Waals surface area contributed by atoms with E-state index < -0.39 is 23.3 Å². The van der Waals surface area contributed by atoms with Gasteiger partial charge in [-0.3, -0.25) is 9.59 Å². The third-order valence-electron chi connectivity index (χ3n) is 7.03. The van der Waals surface area contributed by atoms with Gasteiger partial charge in [0.2, 0.25) is 17.8 Å². The molecule has 1 spiro atoms. The van der Waals surface area contributed by atoms with Crippen LogP contribution in [0.2, 0.25) is 0 Å². The first-order chi connectivity index (χ1) is 15.2. The molecule has 12 nitrogen and oxygen atoms in total. The Labute approximate surface area is 184 Å². The van der Waals surface area contributed by atoms with E-state index in [0.717, 1.165) is 0 Å². The number of likely N-dealkylation sites (tertiary alicyclic amines) is 1. The Morgan fingerprint density at radius 2 is 2.06 bits per heavy atom. The maximum Gasteiger partial charge on any atom is 0.245 e. The fraction of sp³-hybridized carbons (Fsp3) is 0.650. The summed E-state index contributed by atoms with van der Waals surface area (Å²) in [5.74, 6) is 0.121. The van der Waals surface area contributed by atoms with E-state index in [4.69, 9.17) is 16.2 Å². The van der Waals surface area contributed by atoms with Crippen LogP contribution in [0.25, 0.3) is 11.2 Å². The number of ether oxygens (including phenoxy) is 1.